The molecule has 1 saturated heterocycles. The van der Waals surface area contributed by atoms with Crippen molar-refractivity contribution >= 4 is 23.2 Å². The van der Waals surface area contributed by atoms with E-state index < -0.39 is 4.92 Å². The summed E-state index contributed by atoms with van der Waals surface area (Å²) in [6.07, 6.45) is 1.77. The van der Waals surface area contributed by atoms with E-state index in [1.807, 2.05) is 0 Å². The number of halogens is 1. The molecule has 1 aliphatic rings. The number of nitro benzene ring substituents is 1. The smallest absolute Gasteiger partial charge is 0.270 e. The zero-order valence-corrected chi connectivity index (χ0v) is 12.8. The molecular formula is C14H18ClN3O3. The Kier molecular flexibility index (Phi) is 4.80. The summed E-state index contributed by atoms with van der Waals surface area (Å²) < 4.78 is 0. The molecule has 1 fully saturated rings. The third-order valence-electron chi connectivity index (χ3n) is 3.95. The lowest BCUT2D eigenvalue weighted by Gasteiger charge is -2.35. The number of non-ortho nitro benzene ring substituents is 1. The average molecular weight is 312 g/mol. The molecule has 0 saturated carbocycles. The minimum absolute atomic E-state index is 0.0997. The van der Waals surface area contributed by atoms with Crippen LogP contribution in [-0.4, -0.2) is 41.4 Å². The Bertz CT molecular complexity index is 564. The first-order chi connectivity index (χ1) is 9.88. The molecule has 1 amide bonds. The quantitative estimate of drug-likeness (QED) is 0.687. The van der Waals surface area contributed by atoms with Crippen molar-refractivity contribution in [2.45, 2.75) is 31.8 Å². The highest BCUT2D eigenvalue weighted by atomic mass is 35.5. The van der Waals surface area contributed by atoms with Crippen LogP contribution in [0.25, 0.3) is 0 Å². The van der Waals surface area contributed by atoms with E-state index in [0.717, 1.165) is 19.4 Å². The van der Waals surface area contributed by atoms with E-state index in [0.29, 0.717) is 6.04 Å². The van der Waals surface area contributed by atoms with Crippen molar-refractivity contribution in [2.75, 3.05) is 13.6 Å². The third kappa shape index (κ3) is 3.71. The van der Waals surface area contributed by atoms with Gasteiger partial charge in [0.2, 0.25) is 0 Å². The number of rotatable bonds is 3. The normalized spacial score (nSPS) is 22.8. The van der Waals surface area contributed by atoms with Crippen LogP contribution in [-0.2, 0) is 0 Å². The van der Waals surface area contributed by atoms with Crippen LogP contribution in [0, 0.1) is 10.1 Å². The zero-order valence-electron chi connectivity index (χ0n) is 12.0. The van der Waals surface area contributed by atoms with Gasteiger partial charge in [-0.1, -0.05) is 11.6 Å². The van der Waals surface area contributed by atoms with Crippen molar-refractivity contribution in [3.8, 4) is 0 Å². The molecule has 6 nitrogen and oxygen atoms in total. The summed E-state index contributed by atoms with van der Waals surface area (Å²) in [5, 5.41) is 13.7. The van der Waals surface area contributed by atoms with E-state index in [1.54, 1.807) is 0 Å². The molecule has 0 radical (unpaired) electrons. The lowest BCUT2D eigenvalue weighted by molar-refractivity contribution is -0.384. The predicted octanol–water partition coefficient (Wildman–Crippen LogP) is 2.46. The van der Waals surface area contributed by atoms with Gasteiger partial charge in [-0.2, -0.15) is 0 Å². The highest BCUT2D eigenvalue weighted by Crippen LogP contribution is 2.23. The van der Waals surface area contributed by atoms with E-state index in [2.05, 4.69) is 24.2 Å². The van der Waals surface area contributed by atoms with Gasteiger partial charge >= 0.3 is 0 Å². The summed E-state index contributed by atoms with van der Waals surface area (Å²) in [6, 6.07) is 4.41. The lowest BCUT2D eigenvalue weighted by atomic mass is 9.98. The molecular weight excluding hydrogens is 294 g/mol. The second kappa shape index (κ2) is 6.41. The zero-order chi connectivity index (χ0) is 15.6. The van der Waals surface area contributed by atoms with Crippen LogP contribution >= 0.6 is 11.6 Å². The summed E-state index contributed by atoms with van der Waals surface area (Å²) in [4.78, 5) is 24.6. The fourth-order valence-corrected chi connectivity index (χ4v) is 2.75. The molecule has 7 heteroatoms. The molecule has 0 spiro atoms. The number of nitrogens with zero attached hydrogens (tertiary/aromatic N) is 2. The number of nitrogens with one attached hydrogen (secondary N) is 1. The Morgan fingerprint density at radius 3 is 2.81 bits per heavy atom. The first-order valence-electron chi connectivity index (χ1n) is 6.83. The maximum absolute atomic E-state index is 12.2. The second-order valence-corrected chi connectivity index (χ2v) is 5.85. The molecule has 1 N–H and O–H groups in total. The van der Waals surface area contributed by atoms with Crippen LogP contribution in [0.3, 0.4) is 0 Å². The topological polar surface area (TPSA) is 75.5 Å². The van der Waals surface area contributed by atoms with E-state index in [-0.39, 0.29) is 28.2 Å². The standard InChI is InChI=1S/C14H18ClN3O3/c1-9-7-10(5-6-17(9)2)16-14(19)12-4-3-11(18(20)21)8-13(12)15/h3-4,8-10H,5-7H2,1-2H3,(H,16,19). The van der Waals surface area contributed by atoms with Crippen molar-refractivity contribution in [3.63, 3.8) is 0 Å². The molecule has 114 valence electrons. The first kappa shape index (κ1) is 15.7. The minimum atomic E-state index is -0.536. The number of hydrogen-bond acceptors (Lipinski definition) is 4. The van der Waals surface area contributed by atoms with Gasteiger partial charge < -0.3 is 10.2 Å². The van der Waals surface area contributed by atoms with E-state index in [1.165, 1.54) is 18.2 Å². The monoisotopic (exact) mass is 311 g/mol. The number of benzene rings is 1. The maximum atomic E-state index is 12.2. The molecule has 0 bridgehead atoms. The largest absolute Gasteiger partial charge is 0.349 e. The van der Waals surface area contributed by atoms with Gasteiger partial charge in [-0.3, -0.25) is 14.9 Å². The fraction of sp³-hybridized carbons (Fsp3) is 0.500. The van der Waals surface area contributed by atoms with Crippen LogP contribution in [0.5, 0.6) is 0 Å². The van der Waals surface area contributed by atoms with Gasteiger partial charge in [0.25, 0.3) is 11.6 Å². The Morgan fingerprint density at radius 2 is 2.24 bits per heavy atom. The minimum Gasteiger partial charge on any atom is -0.349 e. The van der Waals surface area contributed by atoms with Crippen LogP contribution in [0.1, 0.15) is 30.1 Å². The van der Waals surface area contributed by atoms with Crippen LogP contribution < -0.4 is 5.32 Å². The number of carbonyl (C=O) groups is 1. The van der Waals surface area contributed by atoms with Crippen molar-refractivity contribution in [1.29, 1.82) is 0 Å². The first-order valence-corrected chi connectivity index (χ1v) is 7.21. The predicted molar refractivity (Wildman–Crippen MR) is 80.7 cm³/mol. The van der Waals surface area contributed by atoms with E-state index in [4.69, 9.17) is 11.6 Å². The third-order valence-corrected chi connectivity index (χ3v) is 4.26. The second-order valence-electron chi connectivity index (χ2n) is 5.45. The van der Waals surface area contributed by atoms with Crippen molar-refractivity contribution in [3.05, 3.63) is 38.9 Å². The number of hydrogen-bond donors (Lipinski definition) is 1. The highest BCUT2D eigenvalue weighted by Gasteiger charge is 2.25. The SMILES string of the molecule is CC1CC(NC(=O)c2ccc([N+](=O)[O-])cc2Cl)CCN1C. The van der Waals surface area contributed by atoms with Crippen molar-refractivity contribution in [2.24, 2.45) is 0 Å². The number of piperidine rings is 1. The van der Waals surface area contributed by atoms with Crippen LogP contribution in [0.2, 0.25) is 5.02 Å². The number of carbonyl (C=O) groups excluding carboxylic acids is 1. The molecule has 0 aromatic heterocycles. The maximum Gasteiger partial charge on any atom is 0.270 e. The van der Waals surface area contributed by atoms with Gasteiger partial charge in [-0.05, 0) is 32.9 Å². The molecule has 21 heavy (non-hydrogen) atoms. The number of nitro groups is 1. The number of amides is 1. The number of likely N-dealkylation sites (tertiary alicyclic amines) is 1. The van der Waals surface area contributed by atoms with Crippen LogP contribution in [0.15, 0.2) is 18.2 Å². The molecule has 2 rings (SSSR count). The fourth-order valence-electron chi connectivity index (χ4n) is 2.49. The molecule has 2 atom stereocenters. The Hall–Kier alpha value is -1.66. The summed E-state index contributed by atoms with van der Waals surface area (Å²) in [5.41, 5.74) is 0.151. The van der Waals surface area contributed by atoms with Gasteiger partial charge in [0, 0.05) is 30.8 Å². The molecule has 1 aromatic carbocycles. The van der Waals surface area contributed by atoms with Gasteiger partial charge in [-0.15, -0.1) is 0 Å². The van der Waals surface area contributed by atoms with Crippen molar-refractivity contribution < 1.29 is 9.72 Å². The molecule has 0 aliphatic carbocycles. The van der Waals surface area contributed by atoms with E-state index in [9.17, 15) is 14.9 Å². The summed E-state index contributed by atoms with van der Waals surface area (Å²) in [7, 11) is 2.07. The summed E-state index contributed by atoms with van der Waals surface area (Å²) in [5.74, 6) is -0.281. The van der Waals surface area contributed by atoms with Gasteiger partial charge in [0.05, 0.1) is 15.5 Å². The van der Waals surface area contributed by atoms with Gasteiger partial charge in [-0.25, -0.2) is 0 Å². The Labute approximate surface area is 128 Å². The highest BCUT2D eigenvalue weighted by molar-refractivity contribution is 6.34. The van der Waals surface area contributed by atoms with Gasteiger partial charge in [0.15, 0.2) is 0 Å². The summed E-state index contributed by atoms with van der Waals surface area (Å²) >= 11 is 5.96. The molecule has 1 aromatic rings. The van der Waals surface area contributed by atoms with Crippen molar-refractivity contribution in [1.82, 2.24) is 10.2 Å². The van der Waals surface area contributed by atoms with E-state index >= 15 is 0 Å². The van der Waals surface area contributed by atoms with Crippen LogP contribution in [0.4, 0.5) is 5.69 Å². The van der Waals surface area contributed by atoms with Gasteiger partial charge in [0.1, 0.15) is 0 Å². The lowest BCUT2D eigenvalue weighted by Crippen LogP contribution is -2.47. The molecule has 1 aliphatic heterocycles. The average Bonchev–Trinajstić information content (AvgIpc) is 2.42. The Morgan fingerprint density at radius 1 is 1.52 bits per heavy atom. The Balaban J connectivity index is 2.05. The molecule has 1 heterocycles. The molecule has 2 unspecified atom stereocenters. The summed E-state index contributed by atoms with van der Waals surface area (Å²) in [6.45, 7) is 3.05.